The van der Waals surface area contributed by atoms with Crippen LogP contribution in [0.2, 0.25) is 0 Å². The molecule has 7 heteroatoms. The van der Waals surface area contributed by atoms with Gasteiger partial charge in [-0.1, -0.05) is 76.8 Å². The summed E-state index contributed by atoms with van der Waals surface area (Å²) in [5, 5.41) is 3.13. The number of carbonyl (C=O) groups excluding carboxylic acids is 3. The van der Waals surface area contributed by atoms with Gasteiger partial charge in [0.2, 0.25) is 11.8 Å². The first-order chi connectivity index (χ1) is 19.3. The Bertz CT molecular complexity index is 1150. The molecule has 0 radical (unpaired) electrons. The van der Waals surface area contributed by atoms with Gasteiger partial charge in [-0.25, -0.2) is 0 Å². The van der Waals surface area contributed by atoms with Gasteiger partial charge >= 0.3 is 0 Å². The molecule has 3 atom stereocenters. The molecule has 0 saturated heterocycles. The normalized spacial score (nSPS) is 19.6. The summed E-state index contributed by atoms with van der Waals surface area (Å²) in [6, 6.07) is 17.3. The molecule has 3 amide bonds. The number of nitrogens with zero attached hydrogens (tertiary/aromatic N) is 2. The SMILES string of the molecule is CCCC(C(N)=O)C(CC(C)C)C(=O)NC1CN(c2ccccc2)c2ccccc2N(CC2CCCCC2)C1=O. The molecule has 3 unspecified atom stereocenters. The van der Waals surface area contributed by atoms with Gasteiger partial charge in [0.05, 0.1) is 17.9 Å². The summed E-state index contributed by atoms with van der Waals surface area (Å²) < 4.78 is 0. The Morgan fingerprint density at radius 3 is 2.23 bits per heavy atom. The minimum Gasteiger partial charge on any atom is -0.369 e. The number of anilines is 3. The second kappa shape index (κ2) is 13.8. The first-order valence-electron chi connectivity index (χ1n) is 15.1. The van der Waals surface area contributed by atoms with E-state index in [1.54, 1.807) is 0 Å². The number of nitrogens with two attached hydrogens (primary N) is 1. The fourth-order valence-corrected chi connectivity index (χ4v) is 6.46. The summed E-state index contributed by atoms with van der Waals surface area (Å²) in [6.45, 7) is 7.02. The number of primary amides is 1. The third kappa shape index (κ3) is 7.04. The molecule has 2 aliphatic rings. The van der Waals surface area contributed by atoms with E-state index in [9.17, 15) is 14.4 Å². The molecule has 2 aromatic carbocycles. The van der Waals surface area contributed by atoms with E-state index in [-0.39, 0.29) is 17.7 Å². The van der Waals surface area contributed by atoms with Gasteiger partial charge in [-0.05, 0) is 61.8 Å². The largest absolute Gasteiger partial charge is 0.369 e. The second-order valence-corrected chi connectivity index (χ2v) is 12.0. The Hall–Kier alpha value is -3.35. The molecule has 40 heavy (non-hydrogen) atoms. The average molecular weight is 547 g/mol. The van der Waals surface area contributed by atoms with E-state index < -0.39 is 23.8 Å². The molecule has 3 N–H and O–H groups in total. The van der Waals surface area contributed by atoms with Crippen molar-refractivity contribution in [3.63, 3.8) is 0 Å². The first kappa shape index (κ1) is 29.6. The summed E-state index contributed by atoms with van der Waals surface area (Å²) in [6.07, 6.45) is 7.68. The summed E-state index contributed by atoms with van der Waals surface area (Å²) in [5.74, 6) is -1.32. The van der Waals surface area contributed by atoms with Crippen LogP contribution in [0.1, 0.15) is 72.1 Å². The van der Waals surface area contributed by atoms with Crippen LogP contribution in [0, 0.1) is 23.7 Å². The maximum absolute atomic E-state index is 14.4. The third-order valence-electron chi connectivity index (χ3n) is 8.46. The number of fused-ring (bicyclic) bond motifs is 1. The van der Waals surface area contributed by atoms with E-state index in [1.807, 2.05) is 74.2 Å². The Kier molecular flexibility index (Phi) is 10.2. The average Bonchev–Trinajstić information content (AvgIpc) is 3.06. The van der Waals surface area contributed by atoms with Crippen LogP contribution in [0.15, 0.2) is 54.6 Å². The lowest BCUT2D eigenvalue weighted by Gasteiger charge is -2.32. The molecular formula is C33H46N4O3. The topological polar surface area (TPSA) is 95.7 Å². The third-order valence-corrected chi connectivity index (χ3v) is 8.46. The van der Waals surface area contributed by atoms with Crippen molar-refractivity contribution in [2.24, 2.45) is 29.4 Å². The first-order valence-corrected chi connectivity index (χ1v) is 15.1. The summed E-state index contributed by atoms with van der Waals surface area (Å²) in [5.41, 5.74) is 8.59. The van der Waals surface area contributed by atoms with Crippen molar-refractivity contribution in [2.45, 2.75) is 78.2 Å². The zero-order valence-electron chi connectivity index (χ0n) is 24.4. The second-order valence-electron chi connectivity index (χ2n) is 12.0. The molecule has 1 aliphatic carbocycles. The Morgan fingerprint density at radius 2 is 1.60 bits per heavy atom. The van der Waals surface area contributed by atoms with Crippen molar-refractivity contribution in [1.82, 2.24) is 5.32 Å². The van der Waals surface area contributed by atoms with Crippen molar-refractivity contribution in [3.05, 3.63) is 54.6 Å². The van der Waals surface area contributed by atoms with Crippen molar-refractivity contribution >= 4 is 34.8 Å². The number of amides is 3. The van der Waals surface area contributed by atoms with E-state index in [1.165, 1.54) is 19.3 Å². The number of carbonyl (C=O) groups is 3. The predicted octanol–water partition coefficient (Wildman–Crippen LogP) is 5.80. The van der Waals surface area contributed by atoms with Gasteiger partial charge in [-0.15, -0.1) is 0 Å². The molecule has 2 aromatic rings. The van der Waals surface area contributed by atoms with Crippen molar-refractivity contribution in [3.8, 4) is 0 Å². The molecule has 0 bridgehead atoms. The Morgan fingerprint density at radius 1 is 0.950 bits per heavy atom. The maximum atomic E-state index is 14.4. The van der Waals surface area contributed by atoms with Gasteiger partial charge in [-0.3, -0.25) is 14.4 Å². The highest BCUT2D eigenvalue weighted by atomic mass is 16.2. The maximum Gasteiger partial charge on any atom is 0.251 e. The summed E-state index contributed by atoms with van der Waals surface area (Å²) >= 11 is 0. The van der Waals surface area contributed by atoms with Crippen LogP contribution >= 0.6 is 0 Å². The van der Waals surface area contributed by atoms with Crippen LogP contribution in [-0.2, 0) is 14.4 Å². The van der Waals surface area contributed by atoms with Crippen LogP contribution in [0.3, 0.4) is 0 Å². The van der Waals surface area contributed by atoms with Gasteiger partial charge in [-0.2, -0.15) is 0 Å². The van der Waals surface area contributed by atoms with E-state index in [0.29, 0.717) is 31.8 Å². The molecule has 7 nitrogen and oxygen atoms in total. The highest BCUT2D eigenvalue weighted by molar-refractivity contribution is 6.04. The molecule has 1 heterocycles. The number of nitrogens with one attached hydrogen (secondary N) is 1. The van der Waals surface area contributed by atoms with Crippen molar-refractivity contribution in [1.29, 1.82) is 0 Å². The van der Waals surface area contributed by atoms with Gasteiger partial charge in [0.1, 0.15) is 6.04 Å². The van der Waals surface area contributed by atoms with Crippen LogP contribution in [0.5, 0.6) is 0 Å². The number of benzene rings is 2. The van der Waals surface area contributed by atoms with Crippen molar-refractivity contribution in [2.75, 3.05) is 22.9 Å². The lowest BCUT2D eigenvalue weighted by atomic mass is 9.81. The fraction of sp³-hybridized carbons (Fsp3) is 0.545. The van der Waals surface area contributed by atoms with E-state index >= 15 is 0 Å². The van der Waals surface area contributed by atoms with Crippen LogP contribution in [0.4, 0.5) is 17.1 Å². The van der Waals surface area contributed by atoms with Crippen LogP contribution in [-0.4, -0.2) is 36.9 Å². The van der Waals surface area contributed by atoms with Gasteiger partial charge < -0.3 is 20.9 Å². The minimum atomic E-state index is -0.770. The zero-order valence-corrected chi connectivity index (χ0v) is 24.4. The van der Waals surface area contributed by atoms with E-state index in [2.05, 4.69) is 16.3 Å². The zero-order chi connectivity index (χ0) is 28.6. The quantitative estimate of drug-likeness (QED) is 0.372. The van der Waals surface area contributed by atoms with E-state index in [0.717, 1.165) is 36.3 Å². The molecule has 0 aromatic heterocycles. The molecule has 4 rings (SSSR count). The van der Waals surface area contributed by atoms with Gasteiger partial charge in [0.15, 0.2) is 0 Å². The number of hydrogen-bond donors (Lipinski definition) is 2. The summed E-state index contributed by atoms with van der Waals surface area (Å²) in [4.78, 5) is 44.8. The lowest BCUT2D eigenvalue weighted by Crippen LogP contribution is -2.55. The Balaban J connectivity index is 1.71. The Labute approximate surface area is 239 Å². The smallest absolute Gasteiger partial charge is 0.251 e. The molecule has 0 spiro atoms. The number of para-hydroxylation sites is 3. The van der Waals surface area contributed by atoms with Gasteiger partial charge in [0.25, 0.3) is 5.91 Å². The molecule has 1 aliphatic heterocycles. The van der Waals surface area contributed by atoms with Crippen LogP contribution < -0.4 is 20.9 Å². The number of rotatable bonds is 11. The highest BCUT2D eigenvalue weighted by Crippen LogP contribution is 2.39. The van der Waals surface area contributed by atoms with E-state index in [4.69, 9.17) is 5.73 Å². The monoisotopic (exact) mass is 546 g/mol. The van der Waals surface area contributed by atoms with Crippen LogP contribution in [0.25, 0.3) is 0 Å². The highest BCUT2D eigenvalue weighted by Gasteiger charge is 2.39. The fourth-order valence-electron chi connectivity index (χ4n) is 6.46. The lowest BCUT2D eigenvalue weighted by molar-refractivity contribution is -0.136. The molecule has 216 valence electrons. The summed E-state index contributed by atoms with van der Waals surface area (Å²) in [7, 11) is 0. The predicted molar refractivity (Wildman–Crippen MR) is 161 cm³/mol. The standard InChI is InChI=1S/C33H46N4O3/c1-4-13-26(31(34)38)27(20-23(2)3)32(39)35-28-22-36(25-16-9-6-10-17-25)29-18-11-12-19-30(29)37(33(28)40)21-24-14-7-5-8-15-24/h6,9-12,16-19,23-24,26-28H,4-5,7-8,13-15,20-22H2,1-3H3,(H2,34,38)(H,35,39). The molecular weight excluding hydrogens is 500 g/mol. The van der Waals surface area contributed by atoms with Gasteiger partial charge in [0, 0.05) is 24.1 Å². The molecule has 1 saturated carbocycles. The van der Waals surface area contributed by atoms with Crippen molar-refractivity contribution < 1.29 is 14.4 Å². The molecule has 1 fully saturated rings. The number of hydrogen-bond acceptors (Lipinski definition) is 4. The minimum absolute atomic E-state index is 0.0979.